The molecule has 146 valence electrons. The average Bonchev–Trinajstić information content (AvgIpc) is 3.23. The Bertz CT molecular complexity index is 920. The lowest BCUT2D eigenvalue weighted by atomic mass is 10.1. The van der Waals surface area contributed by atoms with E-state index >= 15 is 0 Å². The molecule has 1 aromatic carbocycles. The first kappa shape index (κ1) is 18.1. The van der Waals surface area contributed by atoms with Crippen molar-refractivity contribution in [3.8, 4) is 11.6 Å². The summed E-state index contributed by atoms with van der Waals surface area (Å²) in [5.41, 5.74) is 6.74. The normalized spacial score (nSPS) is 17.1. The molecule has 1 atom stereocenters. The largest absolute Gasteiger partial charge is 0.435 e. The molecule has 3 heterocycles. The number of nitrogen functional groups attached to an aromatic ring is 1. The van der Waals surface area contributed by atoms with Crippen LogP contribution in [0.25, 0.3) is 5.82 Å². The van der Waals surface area contributed by atoms with E-state index in [4.69, 9.17) is 10.5 Å². The molecule has 28 heavy (non-hydrogen) atoms. The third-order valence-electron chi connectivity index (χ3n) is 4.32. The summed E-state index contributed by atoms with van der Waals surface area (Å²) in [7, 11) is 0. The molecule has 0 radical (unpaired) electrons. The van der Waals surface area contributed by atoms with E-state index in [1.165, 1.54) is 12.1 Å². The van der Waals surface area contributed by atoms with Gasteiger partial charge in [0.1, 0.15) is 17.7 Å². The van der Waals surface area contributed by atoms with Crippen LogP contribution in [-0.4, -0.2) is 46.1 Å². The molecular weight excluding hydrogens is 370 g/mol. The van der Waals surface area contributed by atoms with Gasteiger partial charge in [-0.1, -0.05) is 12.1 Å². The van der Waals surface area contributed by atoms with Gasteiger partial charge in [-0.05, 0) is 23.8 Å². The minimum atomic E-state index is -2.85. The fourth-order valence-corrected chi connectivity index (χ4v) is 3.05. The fraction of sp³-hybridized carbons (Fsp3) is 0.278. The molecule has 1 unspecified atom stereocenters. The Balaban J connectivity index is 1.52. The number of rotatable bonds is 5. The van der Waals surface area contributed by atoms with E-state index in [0.29, 0.717) is 31.3 Å². The van der Waals surface area contributed by atoms with Crippen LogP contribution in [0.2, 0.25) is 0 Å². The zero-order chi connectivity index (χ0) is 19.5. The number of nitrogens with two attached hydrogens (primary N) is 1. The smallest absolute Gasteiger partial charge is 0.387 e. The van der Waals surface area contributed by atoms with Gasteiger partial charge in [0, 0.05) is 31.5 Å². The van der Waals surface area contributed by atoms with Gasteiger partial charge in [-0.2, -0.15) is 23.8 Å². The molecule has 1 aliphatic heterocycles. The summed E-state index contributed by atoms with van der Waals surface area (Å²) in [4.78, 5) is 10.6. The van der Waals surface area contributed by atoms with Crippen LogP contribution in [0.4, 0.5) is 20.5 Å². The number of anilines is 2. The van der Waals surface area contributed by atoms with Gasteiger partial charge in [-0.25, -0.2) is 4.68 Å². The molecule has 1 aliphatic rings. The number of aromatic nitrogens is 4. The summed E-state index contributed by atoms with van der Waals surface area (Å²) in [5, 5.41) is 4.17. The summed E-state index contributed by atoms with van der Waals surface area (Å²) in [5.74, 6) is 1.51. The van der Waals surface area contributed by atoms with Crippen LogP contribution in [0.5, 0.6) is 5.75 Å². The van der Waals surface area contributed by atoms with E-state index in [-0.39, 0.29) is 17.8 Å². The van der Waals surface area contributed by atoms with Crippen molar-refractivity contribution in [3.05, 3.63) is 54.4 Å². The lowest BCUT2D eigenvalue weighted by Gasteiger charge is -2.34. The van der Waals surface area contributed by atoms with E-state index in [1.54, 1.807) is 35.3 Å². The number of alkyl halides is 2. The van der Waals surface area contributed by atoms with E-state index in [2.05, 4.69) is 19.8 Å². The second-order valence-electron chi connectivity index (χ2n) is 6.15. The van der Waals surface area contributed by atoms with Crippen molar-refractivity contribution < 1.29 is 18.3 Å². The molecule has 0 amide bonds. The van der Waals surface area contributed by atoms with Gasteiger partial charge in [0.15, 0.2) is 5.82 Å². The van der Waals surface area contributed by atoms with Crippen molar-refractivity contribution in [3.63, 3.8) is 0 Å². The van der Waals surface area contributed by atoms with Crippen LogP contribution in [0.15, 0.2) is 48.8 Å². The minimum absolute atomic E-state index is 0.110. The Morgan fingerprint density at radius 2 is 1.96 bits per heavy atom. The van der Waals surface area contributed by atoms with Crippen molar-refractivity contribution in [2.24, 2.45) is 0 Å². The van der Waals surface area contributed by atoms with Gasteiger partial charge in [-0.3, -0.25) is 0 Å². The maximum absolute atomic E-state index is 12.3. The first-order chi connectivity index (χ1) is 13.6. The highest BCUT2D eigenvalue weighted by Crippen LogP contribution is 2.27. The van der Waals surface area contributed by atoms with Crippen LogP contribution < -0.4 is 15.4 Å². The molecule has 10 heteroatoms. The highest BCUT2D eigenvalue weighted by molar-refractivity contribution is 5.48. The molecule has 0 saturated carbocycles. The Hall–Kier alpha value is -3.27. The standard InChI is InChI=1S/C18H18F2N6O2/c19-17(20)28-13-4-2-12(3-5-13)14-11-25(8-9-27-14)15-10-16(24-18(21)23-15)26-7-1-6-22-26/h1-7,10,14,17H,8-9,11H2,(H2,21,23,24). The predicted molar refractivity (Wildman–Crippen MR) is 97.5 cm³/mol. The van der Waals surface area contributed by atoms with Crippen LogP contribution in [0.3, 0.4) is 0 Å². The van der Waals surface area contributed by atoms with Crippen LogP contribution >= 0.6 is 0 Å². The zero-order valence-corrected chi connectivity index (χ0v) is 14.8. The van der Waals surface area contributed by atoms with E-state index in [0.717, 1.165) is 5.56 Å². The van der Waals surface area contributed by atoms with Gasteiger partial charge in [0.05, 0.1) is 6.61 Å². The molecule has 0 spiro atoms. The van der Waals surface area contributed by atoms with Crippen LogP contribution in [-0.2, 0) is 4.74 Å². The van der Waals surface area contributed by atoms with E-state index in [1.807, 2.05) is 11.0 Å². The van der Waals surface area contributed by atoms with Crippen LogP contribution in [0, 0.1) is 0 Å². The monoisotopic (exact) mass is 388 g/mol. The third kappa shape index (κ3) is 4.01. The molecule has 1 fully saturated rings. The Morgan fingerprint density at radius 1 is 1.18 bits per heavy atom. The van der Waals surface area contributed by atoms with Gasteiger partial charge in [0.2, 0.25) is 5.95 Å². The number of halogens is 2. The van der Waals surface area contributed by atoms with E-state index in [9.17, 15) is 8.78 Å². The van der Waals surface area contributed by atoms with Crippen molar-refractivity contribution in [1.82, 2.24) is 19.7 Å². The highest BCUT2D eigenvalue weighted by atomic mass is 19.3. The number of morpholine rings is 1. The van der Waals surface area contributed by atoms with Gasteiger partial charge in [0.25, 0.3) is 0 Å². The SMILES string of the molecule is Nc1nc(N2CCOC(c3ccc(OC(F)F)cc3)C2)cc(-n2cccn2)n1. The summed E-state index contributed by atoms with van der Waals surface area (Å²) < 4.78 is 36.4. The zero-order valence-electron chi connectivity index (χ0n) is 14.8. The quantitative estimate of drug-likeness (QED) is 0.718. The highest BCUT2D eigenvalue weighted by Gasteiger charge is 2.24. The summed E-state index contributed by atoms with van der Waals surface area (Å²) in [6.45, 7) is -1.19. The minimum Gasteiger partial charge on any atom is -0.435 e. The van der Waals surface area contributed by atoms with Crippen molar-refractivity contribution in [2.75, 3.05) is 30.3 Å². The summed E-state index contributed by atoms with van der Waals surface area (Å²) in [6, 6.07) is 10.0. The van der Waals surface area contributed by atoms with Crippen LogP contribution in [0.1, 0.15) is 11.7 Å². The second-order valence-corrected chi connectivity index (χ2v) is 6.15. The molecule has 8 nitrogen and oxygen atoms in total. The van der Waals surface area contributed by atoms with Crippen molar-refractivity contribution in [1.29, 1.82) is 0 Å². The maximum atomic E-state index is 12.3. The predicted octanol–water partition coefficient (Wildman–Crippen LogP) is 2.42. The van der Waals surface area contributed by atoms with Gasteiger partial charge < -0.3 is 20.1 Å². The lowest BCUT2D eigenvalue weighted by molar-refractivity contribution is -0.0498. The second kappa shape index (κ2) is 7.77. The number of ether oxygens (including phenoxy) is 2. The average molecular weight is 388 g/mol. The van der Waals surface area contributed by atoms with Crippen molar-refractivity contribution >= 4 is 11.8 Å². The Morgan fingerprint density at radius 3 is 2.68 bits per heavy atom. The number of hydrogen-bond donors (Lipinski definition) is 1. The molecule has 4 rings (SSSR count). The molecular formula is C18H18F2N6O2. The lowest BCUT2D eigenvalue weighted by Crippen LogP contribution is -2.39. The fourth-order valence-electron chi connectivity index (χ4n) is 3.05. The first-order valence-electron chi connectivity index (χ1n) is 8.64. The maximum Gasteiger partial charge on any atom is 0.387 e. The van der Waals surface area contributed by atoms with E-state index < -0.39 is 6.61 Å². The molecule has 2 aromatic heterocycles. The number of benzene rings is 1. The first-order valence-corrected chi connectivity index (χ1v) is 8.64. The third-order valence-corrected chi connectivity index (χ3v) is 4.32. The van der Waals surface area contributed by atoms with Gasteiger partial charge >= 0.3 is 6.61 Å². The topological polar surface area (TPSA) is 91.3 Å². The molecule has 0 bridgehead atoms. The Labute approximate surface area is 159 Å². The number of nitrogens with zero attached hydrogens (tertiary/aromatic N) is 5. The van der Waals surface area contributed by atoms with Crippen molar-refractivity contribution in [2.45, 2.75) is 12.7 Å². The Kier molecular flexibility index (Phi) is 5.02. The summed E-state index contributed by atoms with van der Waals surface area (Å²) >= 11 is 0. The molecule has 0 aliphatic carbocycles. The number of hydrogen-bond acceptors (Lipinski definition) is 7. The molecule has 3 aromatic rings. The molecule has 1 saturated heterocycles. The molecule has 2 N–H and O–H groups in total. The van der Waals surface area contributed by atoms with Gasteiger partial charge in [-0.15, -0.1) is 0 Å². The summed E-state index contributed by atoms with van der Waals surface area (Å²) in [6.07, 6.45) is 3.19.